The van der Waals surface area contributed by atoms with Gasteiger partial charge in [-0.3, -0.25) is 37.3 Å². The number of hydrogen-bond donors (Lipinski definition) is 3. The number of unbranched alkanes of at least 4 members (excludes halogenated alkanes) is 40. The first-order valence-corrected chi connectivity index (χ1v) is 44.2. The summed E-state index contributed by atoms with van der Waals surface area (Å²) in [5.74, 6) is -2.22. The molecule has 0 aromatic heterocycles. The Kier molecular flexibility index (Phi) is 73.1. The zero-order chi connectivity index (χ0) is 74.6. The first kappa shape index (κ1) is 98.5. The fourth-order valence-corrected chi connectivity index (χ4v) is 12.9. The van der Waals surface area contributed by atoms with Crippen LogP contribution in [-0.2, 0) is 65.4 Å². The van der Waals surface area contributed by atoms with Gasteiger partial charge >= 0.3 is 39.5 Å². The van der Waals surface area contributed by atoms with E-state index in [-0.39, 0.29) is 25.7 Å². The summed E-state index contributed by atoms with van der Waals surface area (Å²) in [5.41, 5.74) is 0. The molecule has 0 aromatic rings. The van der Waals surface area contributed by atoms with E-state index in [0.29, 0.717) is 32.1 Å². The number of carbonyl (C=O) groups excluding carboxylic acids is 4. The largest absolute Gasteiger partial charge is 0.472 e. The Bertz CT molecular complexity index is 2210. The molecule has 0 heterocycles. The van der Waals surface area contributed by atoms with E-state index in [0.717, 1.165) is 135 Å². The summed E-state index contributed by atoms with van der Waals surface area (Å²) in [4.78, 5) is 73.0. The number of hydrogen-bond acceptors (Lipinski definition) is 15. The van der Waals surface area contributed by atoms with Gasteiger partial charge in [0.1, 0.15) is 19.3 Å². The summed E-state index contributed by atoms with van der Waals surface area (Å²) in [5, 5.41) is 10.6. The number of phosphoric acid groups is 2. The van der Waals surface area contributed by atoms with E-state index < -0.39 is 97.5 Å². The molecule has 102 heavy (non-hydrogen) atoms. The van der Waals surface area contributed by atoms with Crippen LogP contribution in [0.4, 0.5) is 0 Å². The number of esters is 4. The van der Waals surface area contributed by atoms with E-state index in [1.807, 2.05) is 12.2 Å². The van der Waals surface area contributed by atoms with Gasteiger partial charge in [-0.2, -0.15) is 0 Å². The standard InChI is InChI=1S/C83H150O17P2/c1-5-9-13-17-21-25-29-33-37-38-42-44-48-52-56-60-64-68-81(86)94-74-79(100-83(88)70-66-62-58-54-50-46-41-36-32-28-24-20-16-12-8-4)76-98-102(91,92)96-72-77(84)71-95-101(89,90)97-75-78(99-82(87)69-65-61-57-53-49-45-40-35-31-27-23-19-15-11-7-3)73-93-80(85)67-63-59-55-51-47-43-39-34-30-26-22-18-14-10-6-2/h21,25,28,32-33,35,37,40,42,44,52,56,77-79,84H,5-20,22-24,26-27,29-31,34,36,38-39,41,43,45-51,53-55,57-76H2,1-4H3,(H,89,90)(H,91,92)/b25-21-,32-28-,37-33-,40-35-,44-42-,56-52-/t77-,78+,79+/m0/s1. The smallest absolute Gasteiger partial charge is 0.462 e. The van der Waals surface area contributed by atoms with E-state index in [1.165, 1.54) is 154 Å². The fourth-order valence-electron chi connectivity index (χ4n) is 11.3. The first-order chi connectivity index (χ1) is 49.7. The van der Waals surface area contributed by atoms with Crippen LogP contribution in [0.15, 0.2) is 72.9 Å². The van der Waals surface area contributed by atoms with Gasteiger partial charge in [0.25, 0.3) is 0 Å². The highest BCUT2D eigenvalue weighted by molar-refractivity contribution is 7.47. The third-order valence-corrected chi connectivity index (χ3v) is 19.5. The SMILES string of the molecule is CCCCC/C=C\C/C=C\C/C=C\C/C=C\CCCC(=O)OC[C@H](COP(=O)(O)OC[C@@H](O)COP(=O)(O)OC[C@@H](COC(=O)CCCCCCCCCCCCCCCCC)OC(=O)CCCCCCC/C=C\CCCCCCCC)OC(=O)CCCCCCCCC/C=C\CCCCCC. The highest BCUT2D eigenvalue weighted by Crippen LogP contribution is 2.45. The predicted octanol–water partition coefficient (Wildman–Crippen LogP) is 24.0. The third-order valence-electron chi connectivity index (χ3n) is 17.6. The van der Waals surface area contributed by atoms with Crippen LogP contribution in [0.3, 0.4) is 0 Å². The number of ether oxygens (including phenoxy) is 4. The Balaban J connectivity index is 5.38. The van der Waals surface area contributed by atoms with Crippen LogP contribution in [-0.4, -0.2) is 96.7 Å². The van der Waals surface area contributed by atoms with Gasteiger partial charge in [0.05, 0.1) is 26.4 Å². The van der Waals surface area contributed by atoms with Gasteiger partial charge in [0.15, 0.2) is 12.2 Å². The normalized spacial score (nSPS) is 14.2. The Hall–Kier alpha value is -3.50. The van der Waals surface area contributed by atoms with Gasteiger partial charge in [0.2, 0.25) is 0 Å². The third kappa shape index (κ3) is 74.8. The summed E-state index contributed by atoms with van der Waals surface area (Å²) in [6, 6.07) is 0. The summed E-state index contributed by atoms with van der Waals surface area (Å²) in [7, 11) is -9.96. The molecule has 3 N–H and O–H groups in total. The molecule has 17 nitrogen and oxygen atoms in total. The second-order valence-electron chi connectivity index (χ2n) is 27.7. The molecule has 0 bridgehead atoms. The van der Waals surface area contributed by atoms with Gasteiger partial charge in [-0.1, -0.05) is 306 Å². The number of aliphatic hydroxyl groups is 1. The molecule has 0 saturated carbocycles. The second kappa shape index (κ2) is 75.7. The minimum atomic E-state index is -4.99. The molecule has 0 amide bonds. The van der Waals surface area contributed by atoms with Crippen molar-refractivity contribution in [3.05, 3.63) is 72.9 Å². The van der Waals surface area contributed by atoms with Crippen molar-refractivity contribution in [1.29, 1.82) is 0 Å². The molecule has 0 spiro atoms. The maximum Gasteiger partial charge on any atom is 0.472 e. The lowest BCUT2D eigenvalue weighted by Gasteiger charge is -2.21. The van der Waals surface area contributed by atoms with Crippen molar-refractivity contribution in [2.45, 2.75) is 393 Å². The van der Waals surface area contributed by atoms with E-state index in [2.05, 4.69) is 88.5 Å². The van der Waals surface area contributed by atoms with Gasteiger partial charge in [-0.15, -0.1) is 0 Å². The summed E-state index contributed by atoms with van der Waals surface area (Å²) in [6.45, 7) is 4.83. The zero-order valence-electron chi connectivity index (χ0n) is 65.0. The molecule has 0 rings (SSSR count). The van der Waals surface area contributed by atoms with Gasteiger partial charge in [-0.25, -0.2) is 9.13 Å². The molecule has 0 saturated heterocycles. The van der Waals surface area contributed by atoms with Crippen molar-refractivity contribution in [2.24, 2.45) is 0 Å². The Morgan fingerprint density at radius 1 is 0.275 bits per heavy atom. The van der Waals surface area contributed by atoms with Crippen LogP contribution < -0.4 is 0 Å². The van der Waals surface area contributed by atoms with Crippen molar-refractivity contribution >= 4 is 39.5 Å². The van der Waals surface area contributed by atoms with E-state index in [9.17, 15) is 43.2 Å². The molecule has 0 aliphatic heterocycles. The van der Waals surface area contributed by atoms with Crippen LogP contribution >= 0.6 is 15.6 Å². The van der Waals surface area contributed by atoms with Crippen molar-refractivity contribution in [3.63, 3.8) is 0 Å². The molecule has 594 valence electrons. The quantitative estimate of drug-likeness (QED) is 0.0169. The van der Waals surface area contributed by atoms with Crippen LogP contribution in [0.1, 0.15) is 374 Å². The molecule has 0 aromatic carbocycles. The highest BCUT2D eigenvalue weighted by Gasteiger charge is 2.30. The number of phosphoric ester groups is 2. The molecule has 2 unspecified atom stereocenters. The highest BCUT2D eigenvalue weighted by atomic mass is 31.2. The molecular weight excluding hydrogens is 1330 g/mol. The topological polar surface area (TPSA) is 237 Å². The number of rotatable bonds is 78. The average Bonchev–Trinajstić information content (AvgIpc) is 0.923. The summed E-state index contributed by atoms with van der Waals surface area (Å²) >= 11 is 0. The molecule has 0 fully saturated rings. The van der Waals surface area contributed by atoms with Crippen molar-refractivity contribution in [2.75, 3.05) is 39.6 Å². The predicted molar refractivity (Wildman–Crippen MR) is 418 cm³/mol. The lowest BCUT2D eigenvalue weighted by Crippen LogP contribution is -2.30. The van der Waals surface area contributed by atoms with Crippen LogP contribution in [0.5, 0.6) is 0 Å². The van der Waals surface area contributed by atoms with Crippen molar-refractivity contribution < 1.29 is 80.2 Å². The zero-order valence-corrected chi connectivity index (χ0v) is 66.8. The van der Waals surface area contributed by atoms with Crippen LogP contribution in [0, 0.1) is 0 Å². The van der Waals surface area contributed by atoms with Crippen molar-refractivity contribution in [1.82, 2.24) is 0 Å². The second-order valence-corrected chi connectivity index (χ2v) is 30.6. The number of allylic oxidation sites excluding steroid dienone is 12. The van der Waals surface area contributed by atoms with Crippen LogP contribution in [0.2, 0.25) is 0 Å². The number of carbonyl (C=O) groups is 4. The monoisotopic (exact) mass is 1480 g/mol. The van der Waals surface area contributed by atoms with Gasteiger partial charge in [0, 0.05) is 25.7 Å². The fraction of sp³-hybridized carbons (Fsp3) is 0.807. The Morgan fingerprint density at radius 3 is 0.814 bits per heavy atom. The van der Waals surface area contributed by atoms with Gasteiger partial charge < -0.3 is 33.8 Å². The lowest BCUT2D eigenvalue weighted by molar-refractivity contribution is -0.161. The summed E-state index contributed by atoms with van der Waals surface area (Å²) < 4.78 is 68.6. The van der Waals surface area contributed by atoms with E-state index in [1.54, 1.807) is 0 Å². The Labute approximate surface area is 622 Å². The molecular formula is C83H150O17P2. The average molecular weight is 1480 g/mol. The molecule has 0 aliphatic carbocycles. The minimum Gasteiger partial charge on any atom is -0.462 e. The lowest BCUT2D eigenvalue weighted by atomic mass is 10.0. The number of aliphatic hydroxyl groups excluding tert-OH is 1. The maximum absolute atomic E-state index is 13.1. The molecule has 19 heteroatoms. The van der Waals surface area contributed by atoms with Crippen molar-refractivity contribution in [3.8, 4) is 0 Å². The molecule has 5 atom stereocenters. The first-order valence-electron chi connectivity index (χ1n) is 41.2. The summed E-state index contributed by atoms with van der Waals surface area (Å²) in [6.07, 6.45) is 77.3. The Morgan fingerprint density at radius 2 is 0.490 bits per heavy atom. The minimum absolute atomic E-state index is 0.0809. The molecule has 0 aliphatic rings. The molecule has 0 radical (unpaired) electrons. The maximum atomic E-state index is 13.1. The van der Waals surface area contributed by atoms with E-state index >= 15 is 0 Å². The van der Waals surface area contributed by atoms with Gasteiger partial charge in [-0.05, 0) is 116 Å². The van der Waals surface area contributed by atoms with Crippen LogP contribution in [0.25, 0.3) is 0 Å². The van der Waals surface area contributed by atoms with E-state index in [4.69, 9.17) is 37.0 Å².